The summed E-state index contributed by atoms with van der Waals surface area (Å²) >= 11 is 0. The highest BCUT2D eigenvalue weighted by Crippen LogP contribution is 2.68. The van der Waals surface area contributed by atoms with Gasteiger partial charge in [0, 0.05) is 40.9 Å². The largest absolute Gasteiger partial charge is 0.508 e. The fraction of sp³-hybridized carbons (Fsp3) is 0.543. The SMILES string of the molecule is CC(CCC(=O)NCC(=O)Nc1ccc2c(c1)C(=O)OC21c2ccc(O)cc2Oc2cc(O)ccc21)C1CCC2C3C(O)CC4CC(O)CCC4(C)C3CC(O)C12C. The standard InChI is InChI=1S/C46H54N2O10/c1-23(30-11-12-34-42-35(21-39(53)45(30,34)3)44(2)15-14-28(51)16-24(44)17-36(42)52)4-13-40(54)47-22-41(55)48-25-5-8-31-29(18-25)43(56)58-46(31)32-9-6-26(49)19-37(32)57-38-20-27(50)7-10-33(38)46/h5-10,18-20,23-24,28,30,34-36,39,42,49-53H,4,11-17,21-22H2,1-3H3,(H,47,54)(H,48,55). The van der Waals surface area contributed by atoms with Crippen LogP contribution in [0.15, 0.2) is 54.6 Å². The normalized spacial score (nSPS) is 34.2. The van der Waals surface area contributed by atoms with Crippen LogP contribution in [0.3, 0.4) is 0 Å². The number of phenolic OH excluding ortho intramolecular Hbond substituents is 2. The summed E-state index contributed by atoms with van der Waals surface area (Å²) < 4.78 is 12.1. The Morgan fingerprint density at radius 2 is 1.53 bits per heavy atom. The molecular weight excluding hydrogens is 741 g/mol. The van der Waals surface area contributed by atoms with E-state index in [1.807, 2.05) is 0 Å². The molecule has 9 rings (SSSR count). The Balaban J connectivity index is 0.825. The molecule has 4 saturated carbocycles. The van der Waals surface area contributed by atoms with Crippen molar-refractivity contribution in [2.24, 2.45) is 46.3 Å². The van der Waals surface area contributed by atoms with E-state index in [9.17, 15) is 39.9 Å². The lowest BCUT2D eigenvalue weighted by Crippen LogP contribution is -2.62. The Labute approximate surface area is 338 Å². The highest BCUT2D eigenvalue weighted by molar-refractivity contribution is 6.00. The zero-order valence-electron chi connectivity index (χ0n) is 33.2. The number of rotatable bonds is 7. The number of phenols is 2. The van der Waals surface area contributed by atoms with Crippen LogP contribution in [-0.4, -0.2) is 68.2 Å². The first kappa shape index (κ1) is 38.8. The van der Waals surface area contributed by atoms with Crippen molar-refractivity contribution in [1.82, 2.24) is 5.32 Å². The minimum atomic E-state index is -1.42. The monoisotopic (exact) mass is 794 g/mol. The summed E-state index contributed by atoms with van der Waals surface area (Å²) in [5, 5.41) is 59.8. The maximum atomic E-state index is 13.5. The molecule has 0 radical (unpaired) electrons. The molecule has 3 aromatic carbocycles. The Bertz CT molecular complexity index is 2120. The number of hydrogen-bond donors (Lipinski definition) is 7. The minimum Gasteiger partial charge on any atom is -0.508 e. The summed E-state index contributed by atoms with van der Waals surface area (Å²) in [6.07, 6.45) is 5.29. The van der Waals surface area contributed by atoms with Crippen LogP contribution in [0.4, 0.5) is 5.69 Å². The van der Waals surface area contributed by atoms with E-state index < -0.39 is 29.7 Å². The Kier molecular flexibility index (Phi) is 9.37. The van der Waals surface area contributed by atoms with Crippen molar-refractivity contribution in [2.75, 3.05) is 11.9 Å². The average Bonchev–Trinajstić information content (AvgIpc) is 3.68. The molecule has 2 aliphatic heterocycles. The number of nitrogens with one attached hydrogen (secondary N) is 2. The number of esters is 1. The van der Waals surface area contributed by atoms with Crippen LogP contribution in [0.2, 0.25) is 0 Å². The van der Waals surface area contributed by atoms with Gasteiger partial charge in [0.1, 0.15) is 23.0 Å². The molecule has 7 N–H and O–H groups in total. The van der Waals surface area contributed by atoms with E-state index in [1.165, 1.54) is 30.3 Å². The van der Waals surface area contributed by atoms with Crippen LogP contribution >= 0.6 is 0 Å². The maximum absolute atomic E-state index is 13.5. The zero-order valence-corrected chi connectivity index (χ0v) is 33.2. The lowest BCUT2D eigenvalue weighted by atomic mass is 9.43. The lowest BCUT2D eigenvalue weighted by molar-refractivity contribution is -0.207. The molecule has 0 bridgehead atoms. The quantitative estimate of drug-likeness (QED) is 0.138. The molecule has 12 nitrogen and oxygen atoms in total. The van der Waals surface area contributed by atoms with Gasteiger partial charge >= 0.3 is 5.97 Å². The van der Waals surface area contributed by atoms with Crippen LogP contribution in [0.25, 0.3) is 0 Å². The molecule has 2 heterocycles. The number of ether oxygens (including phenoxy) is 2. The molecule has 11 atom stereocenters. The second-order valence-corrected chi connectivity index (χ2v) is 18.7. The molecule has 58 heavy (non-hydrogen) atoms. The van der Waals surface area contributed by atoms with Gasteiger partial charge in [-0.3, -0.25) is 9.59 Å². The minimum absolute atomic E-state index is 0.0119. The smallest absolute Gasteiger partial charge is 0.340 e. The fourth-order valence-electron chi connectivity index (χ4n) is 12.9. The summed E-state index contributed by atoms with van der Waals surface area (Å²) in [4.78, 5) is 39.6. The number of fused-ring (bicyclic) bond motifs is 11. The second-order valence-electron chi connectivity index (χ2n) is 18.7. The molecule has 4 aliphatic carbocycles. The van der Waals surface area contributed by atoms with Crippen LogP contribution < -0.4 is 15.4 Å². The molecule has 2 amide bonds. The van der Waals surface area contributed by atoms with E-state index in [-0.39, 0.29) is 99.9 Å². The van der Waals surface area contributed by atoms with Gasteiger partial charge in [-0.25, -0.2) is 4.79 Å². The van der Waals surface area contributed by atoms with Crippen molar-refractivity contribution in [3.63, 3.8) is 0 Å². The van der Waals surface area contributed by atoms with Gasteiger partial charge in [0.15, 0.2) is 5.60 Å². The Morgan fingerprint density at radius 1 is 0.845 bits per heavy atom. The predicted molar refractivity (Wildman–Crippen MR) is 212 cm³/mol. The topological polar surface area (TPSA) is 195 Å². The summed E-state index contributed by atoms with van der Waals surface area (Å²) in [6.45, 7) is 6.44. The van der Waals surface area contributed by atoms with Gasteiger partial charge in [-0.05, 0) is 134 Å². The van der Waals surface area contributed by atoms with Gasteiger partial charge in [-0.1, -0.05) is 26.8 Å². The van der Waals surface area contributed by atoms with E-state index in [0.717, 1.165) is 32.1 Å². The highest BCUT2D eigenvalue weighted by atomic mass is 16.6. The number of anilines is 1. The second kappa shape index (κ2) is 14.0. The number of carbonyl (C=O) groups is 3. The van der Waals surface area contributed by atoms with Crippen molar-refractivity contribution < 1.29 is 49.4 Å². The predicted octanol–water partition coefficient (Wildman–Crippen LogP) is 6.10. The first-order valence-electron chi connectivity index (χ1n) is 21.0. The highest BCUT2D eigenvalue weighted by Gasteiger charge is 2.65. The first-order chi connectivity index (χ1) is 27.6. The number of carbonyl (C=O) groups excluding carboxylic acids is 3. The number of aromatic hydroxyl groups is 2. The third kappa shape index (κ3) is 5.92. The molecule has 0 aromatic heterocycles. The third-order valence-electron chi connectivity index (χ3n) is 15.9. The molecule has 4 fully saturated rings. The summed E-state index contributed by atoms with van der Waals surface area (Å²) in [5.41, 5.74) is 0.291. The van der Waals surface area contributed by atoms with Gasteiger partial charge in [0.25, 0.3) is 0 Å². The molecule has 11 unspecified atom stereocenters. The van der Waals surface area contributed by atoms with Gasteiger partial charge in [0.2, 0.25) is 11.8 Å². The summed E-state index contributed by atoms with van der Waals surface area (Å²) in [6, 6.07) is 13.9. The van der Waals surface area contributed by atoms with Crippen LogP contribution in [0.1, 0.15) is 106 Å². The maximum Gasteiger partial charge on any atom is 0.340 e. The molecule has 0 saturated heterocycles. The van der Waals surface area contributed by atoms with Crippen LogP contribution in [-0.2, 0) is 19.9 Å². The summed E-state index contributed by atoms with van der Waals surface area (Å²) in [5.74, 6) is 0.269. The fourth-order valence-corrected chi connectivity index (χ4v) is 12.9. The molecular formula is C46H54N2O10. The number of benzene rings is 3. The van der Waals surface area contributed by atoms with Crippen LogP contribution in [0, 0.1) is 46.3 Å². The van der Waals surface area contributed by atoms with Crippen molar-refractivity contribution in [3.05, 3.63) is 76.9 Å². The molecule has 6 aliphatic rings. The van der Waals surface area contributed by atoms with E-state index in [0.29, 0.717) is 41.6 Å². The van der Waals surface area contributed by atoms with E-state index in [4.69, 9.17) is 9.47 Å². The van der Waals surface area contributed by atoms with Crippen molar-refractivity contribution in [2.45, 2.75) is 102 Å². The zero-order chi connectivity index (χ0) is 40.9. The van der Waals surface area contributed by atoms with Gasteiger partial charge < -0.3 is 45.6 Å². The van der Waals surface area contributed by atoms with Crippen molar-refractivity contribution in [3.8, 4) is 23.0 Å². The number of amides is 2. The third-order valence-corrected chi connectivity index (χ3v) is 15.9. The number of hydrogen-bond acceptors (Lipinski definition) is 10. The van der Waals surface area contributed by atoms with Crippen LogP contribution in [0.5, 0.6) is 23.0 Å². The van der Waals surface area contributed by atoms with Crippen molar-refractivity contribution >= 4 is 23.5 Å². The van der Waals surface area contributed by atoms with E-state index in [1.54, 1.807) is 24.3 Å². The molecule has 3 aromatic rings. The van der Waals surface area contributed by atoms with Gasteiger partial charge in [-0.2, -0.15) is 0 Å². The molecule has 308 valence electrons. The van der Waals surface area contributed by atoms with Gasteiger partial charge in [0.05, 0.1) is 30.4 Å². The molecule has 12 heteroatoms. The van der Waals surface area contributed by atoms with Crippen molar-refractivity contribution in [1.29, 1.82) is 0 Å². The first-order valence-corrected chi connectivity index (χ1v) is 21.0. The number of aliphatic hydroxyl groups is 3. The average molecular weight is 795 g/mol. The lowest BCUT2D eigenvalue weighted by Gasteiger charge is -2.63. The van der Waals surface area contributed by atoms with Gasteiger partial charge in [-0.15, -0.1) is 0 Å². The van der Waals surface area contributed by atoms with E-state index in [2.05, 4.69) is 31.4 Å². The number of aliphatic hydroxyl groups excluding tert-OH is 3. The Hall–Kier alpha value is -4.65. The summed E-state index contributed by atoms with van der Waals surface area (Å²) in [7, 11) is 0. The van der Waals surface area contributed by atoms with E-state index >= 15 is 0 Å². The molecule has 1 spiro atoms. The Morgan fingerprint density at radius 3 is 2.24 bits per heavy atom.